The van der Waals surface area contributed by atoms with E-state index in [0.29, 0.717) is 18.0 Å². The molecule has 0 aliphatic rings. The fourth-order valence-corrected chi connectivity index (χ4v) is 1.61. The van der Waals surface area contributed by atoms with E-state index in [1.807, 2.05) is 6.07 Å². The van der Waals surface area contributed by atoms with Crippen LogP contribution in [0.1, 0.15) is 13.8 Å². The van der Waals surface area contributed by atoms with Crippen molar-refractivity contribution < 1.29 is 21.6 Å². The van der Waals surface area contributed by atoms with E-state index in [0.717, 1.165) is 29.9 Å². The van der Waals surface area contributed by atoms with Crippen molar-refractivity contribution in [2.45, 2.75) is 13.8 Å². The van der Waals surface area contributed by atoms with Gasteiger partial charge >= 0.3 is 0 Å². The van der Waals surface area contributed by atoms with Gasteiger partial charge in [-0.1, -0.05) is 0 Å². The number of ether oxygens (including phenoxy) is 1. The van der Waals surface area contributed by atoms with Crippen LogP contribution in [0.3, 0.4) is 0 Å². The monoisotopic (exact) mass is 345 g/mol. The molecule has 1 aromatic carbocycles. The predicted molar refractivity (Wildman–Crippen MR) is 87.4 cm³/mol. The molecule has 0 saturated heterocycles. The van der Waals surface area contributed by atoms with Crippen LogP contribution in [0, 0.1) is 0 Å². The van der Waals surface area contributed by atoms with E-state index in [2.05, 4.69) is 20.9 Å². The number of benzene rings is 1. The van der Waals surface area contributed by atoms with Crippen LogP contribution in [0.15, 0.2) is 18.2 Å². The van der Waals surface area contributed by atoms with Crippen LogP contribution in [0.4, 0.5) is 11.4 Å². The average Bonchev–Trinajstić information content (AvgIpc) is 2.32. The van der Waals surface area contributed by atoms with E-state index in [9.17, 15) is 0 Å². The van der Waals surface area contributed by atoms with Gasteiger partial charge in [0.1, 0.15) is 18.9 Å². The Bertz CT molecular complexity index is 374. The molecule has 0 bridgehead atoms. The summed E-state index contributed by atoms with van der Waals surface area (Å²) in [6.45, 7) is 8.26. The molecule has 0 heterocycles. The smallest absolute Gasteiger partial charge is 0.142 e. The summed E-state index contributed by atoms with van der Waals surface area (Å²) in [4.78, 5) is 0. The highest BCUT2D eigenvalue weighted by Gasteiger charge is 2.16. The Morgan fingerprint density at radius 2 is 1.65 bits per heavy atom. The van der Waals surface area contributed by atoms with E-state index in [4.69, 9.17) is 16.2 Å². The number of nitrogens with two attached hydrogens (primary N) is 2. The van der Waals surface area contributed by atoms with Crippen molar-refractivity contribution in [3.8, 4) is 5.75 Å². The fourth-order valence-electron chi connectivity index (χ4n) is 1.61. The molecule has 0 unspecified atom stereocenters. The summed E-state index contributed by atoms with van der Waals surface area (Å²) in [5, 5.41) is 0. The SMILES string of the molecule is CC[N+](C)(CC)CCOc1ccc(N)cc1N.Cl.Cl.[Cl-]. The van der Waals surface area contributed by atoms with E-state index in [1.165, 1.54) is 0 Å². The first-order valence-electron chi connectivity index (χ1n) is 6.12. The molecule has 1 rings (SSSR count). The summed E-state index contributed by atoms with van der Waals surface area (Å²) >= 11 is 0. The number of likely N-dealkylation sites (N-methyl/N-ethyl adjacent to an activating group) is 1. The van der Waals surface area contributed by atoms with Crippen LogP contribution in [-0.2, 0) is 0 Å². The standard InChI is InChI=1S/C13H24N3O.3ClH/c1-4-16(3,5-2)8-9-17-13-7-6-11(14)10-12(13)15;;;/h6-7,10H,4-5,8-9,14-15H2,1-3H3;3*1H/q+1;;;/p-1. The zero-order chi connectivity index (χ0) is 12.9. The lowest BCUT2D eigenvalue weighted by molar-refractivity contribution is -0.906. The number of rotatable bonds is 6. The van der Waals surface area contributed by atoms with E-state index >= 15 is 0 Å². The lowest BCUT2D eigenvalue weighted by Gasteiger charge is -2.31. The number of anilines is 2. The molecular formula is C13H26Cl3N3O. The maximum atomic E-state index is 5.83. The van der Waals surface area contributed by atoms with Gasteiger partial charge in [-0.05, 0) is 32.0 Å². The normalized spacial score (nSPS) is 9.75. The van der Waals surface area contributed by atoms with Crippen LogP contribution < -0.4 is 28.6 Å². The van der Waals surface area contributed by atoms with Crippen molar-refractivity contribution in [2.24, 2.45) is 0 Å². The summed E-state index contributed by atoms with van der Waals surface area (Å²) in [5.41, 5.74) is 12.7. The molecule has 0 radical (unpaired) electrons. The summed E-state index contributed by atoms with van der Waals surface area (Å²) in [6.07, 6.45) is 0. The van der Waals surface area contributed by atoms with Crippen LogP contribution in [-0.4, -0.2) is 37.8 Å². The Morgan fingerprint density at radius 3 is 2.10 bits per heavy atom. The largest absolute Gasteiger partial charge is 1.00 e. The molecule has 0 atom stereocenters. The molecule has 1 aromatic rings. The second-order valence-corrected chi connectivity index (χ2v) is 4.62. The van der Waals surface area contributed by atoms with Crippen molar-refractivity contribution in [1.82, 2.24) is 0 Å². The maximum absolute atomic E-state index is 5.83. The summed E-state index contributed by atoms with van der Waals surface area (Å²) < 4.78 is 6.70. The first kappa shape index (κ1) is 24.5. The maximum Gasteiger partial charge on any atom is 0.142 e. The van der Waals surface area contributed by atoms with Gasteiger partial charge in [0, 0.05) is 5.69 Å². The number of hydrogen-bond acceptors (Lipinski definition) is 3. The highest BCUT2D eigenvalue weighted by atomic mass is 35.5. The second-order valence-electron chi connectivity index (χ2n) is 4.62. The topological polar surface area (TPSA) is 61.3 Å². The zero-order valence-electron chi connectivity index (χ0n) is 12.3. The highest BCUT2D eigenvalue weighted by Crippen LogP contribution is 2.23. The lowest BCUT2D eigenvalue weighted by Crippen LogP contribution is -3.00. The lowest BCUT2D eigenvalue weighted by atomic mass is 10.2. The first-order chi connectivity index (χ1) is 8.00. The van der Waals surface area contributed by atoms with E-state index in [1.54, 1.807) is 12.1 Å². The minimum Gasteiger partial charge on any atom is -1.00 e. The van der Waals surface area contributed by atoms with Gasteiger partial charge < -0.3 is 33.1 Å². The van der Waals surface area contributed by atoms with Gasteiger partial charge in [0.2, 0.25) is 0 Å². The van der Waals surface area contributed by atoms with Gasteiger partial charge in [0.05, 0.1) is 25.8 Å². The van der Waals surface area contributed by atoms with Crippen LogP contribution in [0.25, 0.3) is 0 Å². The molecule has 0 fully saturated rings. The average molecular weight is 347 g/mol. The van der Waals surface area contributed by atoms with Crippen LogP contribution in [0.5, 0.6) is 5.75 Å². The van der Waals surface area contributed by atoms with Gasteiger partial charge in [0.25, 0.3) is 0 Å². The molecule has 120 valence electrons. The van der Waals surface area contributed by atoms with E-state index < -0.39 is 0 Å². The minimum atomic E-state index is 0. The Balaban J connectivity index is -0.000000963. The number of nitrogens with zero attached hydrogens (tertiary/aromatic N) is 1. The first-order valence-corrected chi connectivity index (χ1v) is 6.12. The summed E-state index contributed by atoms with van der Waals surface area (Å²) in [7, 11) is 2.23. The predicted octanol–water partition coefficient (Wildman–Crippen LogP) is -0.436. The Hall–Kier alpha value is -0.550. The van der Waals surface area contributed by atoms with Crippen LogP contribution >= 0.6 is 24.8 Å². The quantitative estimate of drug-likeness (QED) is 0.542. The van der Waals surface area contributed by atoms with E-state index in [-0.39, 0.29) is 37.2 Å². The Kier molecular flexibility index (Phi) is 13.6. The third-order valence-electron chi connectivity index (χ3n) is 3.45. The zero-order valence-corrected chi connectivity index (χ0v) is 14.7. The van der Waals surface area contributed by atoms with Gasteiger partial charge in [0.15, 0.2) is 0 Å². The number of nitrogen functional groups attached to an aromatic ring is 2. The third-order valence-corrected chi connectivity index (χ3v) is 3.45. The number of quaternary nitrogens is 1. The minimum absolute atomic E-state index is 0. The number of hydrogen-bond donors (Lipinski definition) is 2. The van der Waals surface area contributed by atoms with Crippen molar-refractivity contribution in [2.75, 3.05) is 44.8 Å². The van der Waals surface area contributed by atoms with Gasteiger partial charge in [-0.3, -0.25) is 0 Å². The molecule has 4 nitrogen and oxygen atoms in total. The molecule has 0 aromatic heterocycles. The molecule has 20 heavy (non-hydrogen) atoms. The molecule has 0 aliphatic carbocycles. The molecule has 0 spiro atoms. The molecule has 0 aliphatic heterocycles. The van der Waals surface area contributed by atoms with Gasteiger partial charge in [-0.25, -0.2) is 0 Å². The second kappa shape index (κ2) is 11.1. The Morgan fingerprint density at radius 1 is 1.10 bits per heavy atom. The molecule has 4 N–H and O–H groups in total. The molecule has 7 heteroatoms. The number of halogens is 3. The fraction of sp³-hybridized carbons (Fsp3) is 0.538. The van der Waals surface area contributed by atoms with Crippen molar-refractivity contribution in [1.29, 1.82) is 0 Å². The summed E-state index contributed by atoms with van der Waals surface area (Å²) in [6, 6.07) is 5.36. The molecular weight excluding hydrogens is 321 g/mol. The summed E-state index contributed by atoms with van der Waals surface area (Å²) in [5.74, 6) is 0.720. The van der Waals surface area contributed by atoms with Crippen molar-refractivity contribution in [3.63, 3.8) is 0 Å². The van der Waals surface area contributed by atoms with Gasteiger partial charge in [-0.2, -0.15) is 0 Å². The van der Waals surface area contributed by atoms with Crippen molar-refractivity contribution in [3.05, 3.63) is 18.2 Å². The highest BCUT2D eigenvalue weighted by molar-refractivity contribution is 5.85. The van der Waals surface area contributed by atoms with Crippen molar-refractivity contribution >= 4 is 36.2 Å². The van der Waals surface area contributed by atoms with Gasteiger partial charge in [-0.15, -0.1) is 24.8 Å². The molecule has 0 amide bonds. The third kappa shape index (κ3) is 7.29. The molecule has 0 saturated carbocycles. The van der Waals surface area contributed by atoms with Crippen LogP contribution in [0.2, 0.25) is 0 Å². The Labute approximate surface area is 140 Å².